The fourth-order valence-corrected chi connectivity index (χ4v) is 7.45. The van der Waals surface area contributed by atoms with Crippen molar-refractivity contribution in [2.45, 2.75) is 122 Å². The van der Waals surface area contributed by atoms with Crippen LogP contribution in [0.1, 0.15) is 116 Å². The Morgan fingerprint density at radius 2 is 1.53 bits per heavy atom. The third-order valence-corrected chi connectivity index (χ3v) is 9.61. The quantitative estimate of drug-likeness (QED) is 0.238. The van der Waals surface area contributed by atoms with E-state index in [1.54, 1.807) is 0 Å². The summed E-state index contributed by atoms with van der Waals surface area (Å²) in [6.07, 6.45) is 18.2. The number of nitriles is 1. The number of hydrogen-bond donors (Lipinski definition) is 0. The van der Waals surface area contributed by atoms with E-state index in [4.69, 9.17) is 14.7 Å². The van der Waals surface area contributed by atoms with Gasteiger partial charge in [-0.15, -0.1) is 0 Å². The van der Waals surface area contributed by atoms with Crippen molar-refractivity contribution in [3.63, 3.8) is 0 Å². The number of ether oxygens (including phenoxy) is 2. The van der Waals surface area contributed by atoms with Crippen LogP contribution < -0.4 is 4.74 Å². The summed E-state index contributed by atoms with van der Waals surface area (Å²) in [5.74, 6) is -0.199. The highest BCUT2D eigenvalue weighted by atomic mass is 19.1. The fraction of sp³-hybridized carbons (Fsp3) is 0.750. The first kappa shape index (κ1) is 29.0. The molecule has 4 rings (SSSR count). The Bertz CT molecular complexity index is 931. The summed E-state index contributed by atoms with van der Waals surface area (Å²) < 4.78 is 39.9. The molecule has 3 aliphatic rings. The monoisotopic (exact) mass is 529 g/mol. The van der Waals surface area contributed by atoms with Crippen molar-refractivity contribution in [2.75, 3.05) is 0 Å². The Balaban J connectivity index is 1.23. The minimum atomic E-state index is -1.01. The molecule has 0 heterocycles. The maximum Gasteiger partial charge on any atom is 0.314 e. The summed E-state index contributed by atoms with van der Waals surface area (Å²) in [7, 11) is 0. The van der Waals surface area contributed by atoms with E-state index in [0.717, 1.165) is 56.6 Å². The van der Waals surface area contributed by atoms with Crippen molar-refractivity contribution < 1.29 is 23.0 Å². The minimum absolute atomic E-state index is 0.177. The zero-order valence-corrected chi connectivity index (χ0v) is 23.2. The smallest absolute Gasteiger partial charge is 0.314 e. The first-order valence-corrected chi connectivity index (χ1v) is 15.2. The minimum Gasteiger partial charge on any atom is -0.426 e. The average molecular weight is 530 g/mol. The van der Waals surface area contributed by atoms with Gasteiger partial charge in [0.15, 0.2) is 0 Å². The van der Waals surface area contributed by atoms with Gasteiger partial charge in [0, 0.05) is 12.1 Å². The molecule has 0 N–H and O–H groups in total. The third-order valence-electron chi connectivity index (χ3n) is 9.61. The van der Waals surface area contributed by atoms with Crippen LogP contribution in [0.4, 0.5) is 8.78 Å². The molecule has 210 valence electrons. The molecule has 2 unspecified atom stereocenters. The summed E-state index contributed by atoms with van der Waals surface area (Å²) in [5.41, 5.74) is -0.662. The Morgan fingerprint density at radius 1 is 0.947 bits per heavy atom. The lowest BCUT2D eigenvalue weighted by atomic mass is 9.70. The highest BCUT2D eigenvalue weighted by molar-refractivity contribution is 5.75. The predicted molar refractivity (Wildman–Crippen MR) is 143 cm³/mol. The Labute approximate surface area is 227 Å². The van der Waals surface area contributed by atoms with E-state index in [2.05, 4.69) is 13.8 Å². The van der Waals surface area contributed by atoms with Crippen molar-refractivity contribution >= 4 is 5.97 Å². The lowest BCUT2D eigenvalue weighted by Gasteiger charge is -2.41. The van der Waals surface area contributed by atoms with Crippen LogP contribution in [0.3, 0.4) is 0 Å². The standard InChI is InChI=1S/C32H45F2NO3/c1-3-7-21(2)31(24-8-5-4-6-9-24)37-26-16-14-23(15-17-26)22-10-12-25(13-11-22)32(36)38-27-18-29(33)28(20-35)30(34)19-27/h18-19,21-26,31H,3-17H2,1-2H3/t21?,22-,23-,25-,26-,31?. The number of carbonyl (C=O) groups excluding carboxylic acids is 1. The molecule has 6 heteroatoms. The summed E-state index contributed by atoms with van der Waals surface area (Å²) in [5, 5.41) is 8.81. The third kappa shape index (κ3) is 7.34. The van der Waals surface area contributed by atoms with Gasteiger partial charge in [0.2, 0.25) is 0 Å². The van der Waals surface area contributed by atoms with Gasteiger partial charge in [-0.3, -0.25) is 4.79 Å². The zero-order chi connectivity index (χ0) is 27.1. The molecule has 0 spiro atoms. The van der Waals surface area contributed by atoms with E-state index in [1.165, 1.54) is 63.9 Å². The van der Waals surface area contributed by atoms with Crippen LogP contribution in [0, 0.1) is 52.6 Å². The number of esters is 1. The first-order chi connectivity index (χ1) is 18.4. The van der Waals surface area contributed by atoms with Gasteiger partial charge in [0.05, 0.1) is 18.1 Å². The zero-order valence-electron chi connectivity index (χ0n) is 23.2. The van der Waals surface area contributed by atoms with Crippen LogP contribution in [-0.2, 0) is 9.53 Å². The van der Waals surface area contributed by atoms with Gasteiger partial charge in [-0.1, -0.05) is 39.5 Å². The number of hydrogen-bond acceptors (Lipinski definition) is 4. The maximum atomic E-state index is 13.9. The number of nitrogens with zero attached hydrogens (tertiary/aromatic N) is 1. The highest BCUT2D eigenvalue weighted by Crippen LogP contribution is 2.42. The number of halogens is 2. The molecule has 3 aliphatic carbocycles. The van der Waals surface area contributed by atoms with Crippen LogP contribution in [-0.4, -0.2) is 18.2 Å². The van der Waals surface area contributed by atoms with Crippen LogP contribution in [0.25, 0.3) is 0 Å². The van der Waals surface area contributed by atoms with Gasteiger partial charge < -0.3 is 9.47 Å². The van der Waals surface area contributed by atoms with Gasteiger partial charge in [0.1, 0.15) is 29.0 Å². The van der Waals surface area contributed by atoms with E-state index < -0.39 is 23.2 Å². The van der Waals surface area contributed by atoms with Crippen LogP contribution in [0.2, 0.25) is 0 Å². The SMILES string of the molecule is CCCC(C)C(O[C@H]1CC[C@H]([C@H]2CC[C@H](C(=O)Oc3cc(F)c(C#N)c(F)c3)CC2)CC1)C1CCCCC1. The van der Waals surface area contributed by atoms with E-state index >= 15 is 0 Å². The lowest BCUT2D eigenvalue weighted by Crippen LogP contribution is -2.38. The molecule has 3 saturated carbocycles. The molecule has 2 atom stereocenters. The van der Waals surface area contributed by atoms with E-state index in [9.17, 15) is 13.6 Å². The van der Waals surface area contributed by atoms with Crippen LogP contribution >= 0.6 is 0 Å². The second-order valence-corrected chi connectivity index (χ2v) is 12.2. The largest absolute Gasteiger partial charge is 0.426 e. The number of benzene rings is 1. The van der Waals surface area contributed by atoms with Gasteiger partial charge in [-0.25, -0.2) is 8.78 Å². The summed E-state index contributed by atoms with van der Waals surface area (Å²) in [6, 6.07) is 3.30. The van der Waals surface area contributed by atoms with Gasteiger partial charge in [-0.05, 0) is 94.3 Å². The highest BCUT2D eigenvalue weighted by Gasteiger charge is 2.36. The normalized spacial score (nSPS) is 28.3. The Kier molecular flexibility index (Phi) is 10.6. The van der Waals surface area contributed by atoms with Crippen molar-refractivity contribution in [2.24, 2.45) is 29.6 Å². The number of rotatable bonds is 9. The average Bonchev–Trinajstić information content (AvgIpc) is 2.92. The second kappa shape index (κ2) is 13.9. The van der Waals surface area contributed by atoms with Gasteiger partial charge in [0.25, 0.3) is 0 Å². The van der Waals surface area contributed by atoms with Crippen molar-refractivity contribution in [1.82, 2.24) is 0 Å². The molecule has 0 bridgehead atoms. The molecule has 38 heavy (non-hydrogen) atoms. The van der Waals surface area contributed by atoms with Gasteiger partial charge in [-0.2, -0.15) is 5.26 Å². The molecule has 0 amide bonds. The van der Waals surface area contributed by atoms with E-state index in [-0.39, 0.29) is 11.7 Å². The van der Waals surface area contributed by atoms with Crippen molar-refractivity contribution in [3.8, 4) is 11.8 Å². The fourth-order valence-electron chi connectivity index (χ4n) is 7.45. The van der Waals surface area contributed by atoms with Crippen molar-refractivity contribution in [1.29, 1.82) is 5.26 Å². The summed E-state index contributed by atoms with van der Waals surface area (Å²) in [4.78, 5) is 12.7. The predicted octanol–water partition coefficient (Wildman–Crippen LogP) is 8.51. The van der Waals surface area contributed by atoms with Gasteiger partial charge >= 0.3 is 5.97 Å². The lowest BCUT2D eigenvalue weighted by molar-refractivity contribution is -0.140. The Morgan fingerprint density at radius 3 is 2.08 bits per heavy atom. The molecule has 1 aromatic carbocycles. The topological polar surface area (TPSA) is 59.3 Å². The molecule has 3 fully saturated rings. The molecule has 4 nitrogen and oxygen atoms in total. The molecule has 1 aromatic rings. The molecule has 0 aromatic heterocycles. The van der Waals surface area contributed by atoms with Crippen LogP contribution in [0.15, 0.2) is 12.1 Å². The van der Waals surface area contributed by atoms with E-state index in [1.807, 2.05) is 0 Å². The molecular formula is C32H45F2NO3. The van der Waals surface area contributed by atoms with E-state index in [0.29, 0.717) is 30.0 Å². The number of carbonyl (C=O) groups is 1. The maximum absolute atomic E-state index is 13.9. The molecule has 0 saturated heterocycles. The van der Waals surface area contributed by atoms with Crippen LogP contribution in [0.5, 0.6) is 5.75 Å². The second-order valence-electron chi connectivity index (χ2n) is 12.2. The molecule has 0 aliphatic heterocycles. The first-order valence-electron chi connectivity index (χ1n) is 15.2. The Hall–Kier alpha value is -2.00. The summed E-state index contributed by atoms with van der Waals surface area (Å²) in [6.45, 7) is 4.67. The summed E-state index contributed by atoms with van der Waals surface area (Å²) >= 11 is 0. The molecule has 0 radical (unpaired) electrons. The van der Waals surface area contributed by atoms with Crippen molar-refractivity contribution in [3.05, 3.63) is 29.3 Å². The molecular weight excluding hydrogens is 484 g/mol.